The van der Waals surface area contributed by atoms with Gasteiger partial charge in [0.1, 0.15) is 6.61 Å². The second-order valence-electron chi connectivity index (χ2n) is 6.68. The minimum absolute atomic E-state index is 0.333. The molecule has 5 nitrogen and oxygen atoms in total. The second kappa shape index (κ2) is 9.29. The number of nitrogens with zero attached hydrogens (tertiary/aromatic N) is 1. The van der Waals surface area contributed by atoms with Gasteiger partial charge >= 0.3 is 0 Å². The number of methoxy groups -OCH3 is 1. The smallest absolute Gasteiger partial charge is 0.298 e. The number of benzene rings is 3. The zero-order chi connectivity index (χ0) is 21.8. The normalized spacial score (nSPS) is 14.9. The van der Waals surface area contributed by atoms with E-state index in [0.29, 0.717) is 33.7 Å². The summed E-state index contributed by atoms with van der Waals surface area (Å²) in [6.45, 7) is 0.413. The van der Waals surface area contributed by atoms with Crippen molar-refractivity contribution in [2.24, 2.45) is 0 Å². The Morgan fingerprint density at radius 2 is 1.71 bits per heavy atom. The van der Waals surface area contributed by atoms with Crippen LogP contribution in [0.25, 0.3) is 6.08 Å². The van der Waals surface area contributed by atoms with E-state index in [-0.39, 0.29) is 11.1 Å². The molecule has 7 heteroatoms. The summed E-state index contributed by atoms with van der Waals surface area (Å²) in [7, 11) is 1.56. The first-order valence-electron chi connectivity index (χ1n) is 9.43. The largest absolute Gasteiger partial charge is 0.493 e. The summed E-state index contributed by atoms with van der Waals surface area (Å²) in [5.41, 5.74) is 2.26. The van der Waals surface area contributed by atoms with Gasteiger partial charge in [-0.05, 0) is 65.4 Å². The van der Waals surface area contributed by atoms with Crippen molar-refractivity contribution in [2.75, 3.05) is 12.0 Å². The first kappa shape index (κ1) is 21.0. The summed E-state index contributed by atoms with van der Waals surface area (Å²) >= 11 is 6.79. The highest BCUT2D eigenvalue weighted by Gasteiger charge is 2.36. The second-order valence-corrected chi connectivity index (χ2v) is 8.11. The molecular formula is C24H18ClNO4S. The number of halogens is 1. The van der Waals surface area contributed by atoms with Crippen LogP contribution in [0, 0.1) is 0 Å². The maximum Gasteiger partial charge on any atom is 0.298 e. The Labute approximate surface area is 189 Å². The molecule has 2 amide bonds. The Hall–Kier alpha value is -3.22. The number of amides is 2. The van der Waals surface area contributed by atoms with Crippen LogP contribution in [0.4, 0.5) is 10.5 Å². The molecule has 3 aromatic rings. The zero-order valence-corrected chi connectivity index (χ0v) is 18.2. The summed E-state index contributed by atoms with van der Waals surface area (Å²) < 4.78 is 11.3. The molecular weight excluding hydrogens is 434 g/mol. The van der Waals surface area contributed by atoms with Crippen molar-refractivity contribution in [1.82, 2.24) is 0 Å². The van der Waals surface area contributed by atoms with Gasteiger partial charge in [-0.2, -0.15) is 0 Å². The van der Waals surface area contributed by atoms with Crippen molar-refractivity contribution >= 4 is 46.3 Å². The number of thioether (sulfide) groups is 1. The summed E-state index contributed by atoms with van der Waals surface area (Å²) in [6, 6.07) is 21.8. The fourth-order valence-electron chi connectivity index (χ4n) is 3.06. The fraction of sp³-hybridized carbons (Fsp3) is 0.0833. The number of hydrogen-bond donors (Lipinski definition) is 0. The van der Waals surface area contributed by atoms with Gasteiger partial charge in [0, 0.05) is 5.02 Å². The van der Waals surface area contributed by atoms with Gasteiger partial charge in [0.05, 0.1) is 17.7 Å². The van der Waals surface area contributed by atoms with E-state index in [9.17, 15) is 9.59 Å². The van der Waals surface area contributed by atoms with Gasteiger partial charge in [-0.1, -0.05) is 48.0 Å². The number of imide groups is 1. The molecule has 1 aliphatic rings. The van der Waals surface area contributed by atoms with Gasteiger partial charge in [-0.25, -0.2) is 4.90 Å². The third-order valence-electron chi connectivity index (χ3n) is 4.60. The lowest BCUT2D eigenvalue weighted by atomic mass is 10.1. The average Bonchev–Trinajstić information content (AvgIpc) is 3.07. The molecule has 156 valence electrons. The molecule has 0 N–H and O–H groups in total. The molecule has 0 aliphatic carbocycles. The predicted octanol–water partition coefficient (Wildman–Crippen LogP) is 6.17. The van der Waals surface area contributed by atoms with Crippen LogP contribution >= 0.6 is 23.4 Å². The van der Waals surface area contributed by atoms with Crippen LogP contribution < -0.4 is 14.4 Å². The van der Waals surface area contributed by atoms with E-state index >= 15 is 0 Å². The maximum atomic E-state index is 12.8. The van der Waals surface area contributed by atoms with Gasteiger partial charge < -0.3 is 9.47 Å². The van der Waals surface area contributed by atoms with Crippen molar-refractivity contribution in [2.45, 2.75) is 6.61 Å². The van der Waals surface area contributed by atoms with Crippen molar-refractivity contribution in [3.8, 4) is 11.5 Å². The third-order valence-corrected chi connectivity index (χ3v) is 5.72. The van der Waals surface area contributed by atoms with E-state index in [1.165, 1.54) is 0 Å². The molecule has 1 heterocycles. The van der Waals surface area contributed by atoms with E-state index in [1.54, 1.807) is 49.6 Å². The molecule has 0 bridgehead atoms. The molecule has 31 heavy (non-hydrogen) atoms. The quantitative estimate of drug-likeness (QED) is 0.419. The molecule has 0 saturated carbocycles. The highest BCUT2D eigenvalue weighted by Crippen LogP contribution is 2.37. The van der Waals surface area contributed by atoms with Gasteiger partial charge in [0.25, 0.3) is 11.1 Å². The van der Waals surface area contributed by atoms with E-state index < -0.39 is 0 Å². The van der Waals surface area contributed by atoms with Crippen molar-refractivity contribution in [3.63, 3.8) is 0 Å². The number of ether oxygens (including phenoxy) is 2. The first-order chi connectivity index (χ1) is 15.0. The summed E-state index contributed by atoms with van der Waals surface area (Å²) in [6.07, 6.45) is 1.67. The molecule has 3 aromatic carbocycles. The Morgan fingerprint density at radius 3 is 2.42 bits per heavy atom. The van der Waals surface area contributed by atoms with Crippen molar-refractivity contribution in [1.29, 1.82) is 0 Å². The summed E-state index contributed by atoms with van der Waals surface area (Å²) in [5, 5.41) is 0.182. The highest BCUT2D eigenvalue weighted by molar-refractivity contribution is 8.19. The minimum atomic E-state index is -0.374. The molecule has 0 atom stereocenters. The summed E-state index contributed by atoms with van der Waals surface area (Å²) in [5.74, 6) is 0.764. The lowest BCUT2D eigenvalue weighted by Gasteiger charge is -2.12. The molecule has 1 aliphatic heterocycles. The predicted molar refractivity (Wildman–Crippen MR) is 124 cm³/mol. The number of carbonyl (C=O) groups excluding carboxylic acids is 2. The Morgan fingerprint density at radius 1 is 0.968 bits per heavy atom. The Kier molecular flexibility index (Phi) is 6.30. The van der Waals surface area contributed by atoms with Gasteiger partial charge in [-0.3, -0.25) is 9.59 Å². The standard InChI is InChI=1S/C24H18ClNO4S/c1-29-21-13-17(7-12-20(21)30-15-16-5-3-2-4-6-16)14-22-23(27)26(24(28)31-22)19-10-8-18(25)9-11-19/h2-14H,15H2,1H3/b22-14+. The number of anilines is 1. The van der Waals surface area contributed by atoms with E-state index in [4.69, 9.17) is 21.1 Å². The van der Waals surface area contributed by atoms with E-state index in [2.05, 4.69) is 0 Å². The summed E-state index contributed by atoms with van der Waals surface area (Å²) in [4.78, 5) is 26.7. The average molecular weight is 452 g/mol. The number of hydrogen-bond acceptors (Lipinski definition) is 5. The lowest BCUT2D eigenvalue weighted by Crippen LogP contribution is -2.27. The van der Waals surface area contributed by atoms with Crippen LogP contribution in [0.15, 0.2) is 77.7 Å². The van der Waals surface area contributed by atoms with Gasteiger partial charge in [0.15, 0.2) is 11.5 Å². The molecule has 0 spiro atoms. The maximum absolute atomic E-state index is 12.8. The van der Waals surface area contributed by atoms with E-state index in [0.717, 1.165) is 27.8 Å². The monoisotopic (exact) mass is 451 g/mol. The molecule has 0 aromatic heterocycles. The number of carbonyl (C=O) groups is 2. The van der Waals surface area contributed by atoms with Crippen LogP contribution in [0.5, 0.6) is 11.5 Å². The SMILES string of the molecule is COc1cc(/C=C2/SC(=O)N(c3ccc(Cl)cc3)C2=O)ccc1OCc1ccccc1. The minimum Gasteiger partial charge on any atom is -0.493 e. The Balaban J connectivity index is 1.53. The van der Waals surface area contributed by atoms with Crippen LogP contribution in [-0.2, 0) is 11.4 Å². The molecule has 4 rings (SSSR count). The highest BCUT2D eigenvalue weighted by atomic mass is 35.5. The van der Waals surface area contributed by atoms with Crippen molar-refractivity contribution < 1.29 is 19.1 Å². The molecule has 0 unspecified atom stereocenters. The lowest BCUT2D eigenvalue weighted by molar-refractivity contribution is -0.113. The van der Waals surface area contributed by atoms with Crippen LogP contribution in [0.1, 0.15) is 11.1 Å². The first-order valence-corrected chi connectivity index (χ1v) is 10.6. The Bertz CT molecular complexity index is 1150. The van der Waals surface area contributed by atoms with Crippen molar-refractivity contribution in [3.05, 3.63) is 93.9 Å². The third kappa shape index (κ3) is 4.76. The van der Waals surface area contributed by atoms with Gasteiger partial charge in [0.2, 0.25) is 0 Å². The van der Waals surface area contributed by atoms with E-state index in [1.807, 2.05) is 36.4 Å². The van der Waals surface area contributed by atoms with Crippen LogP contribution in [0.2, 0.25) is 5.02 Å². The fourth-order valence-corrected chi connectivity index (χ4v) is 4.03. The molecule has 1 fully saturated rings. The topological polar surface area (TPSA) is 55.8 Å². The number of rotatable bonds is 6. The van der Waals surface area contributed by atoms with Gasteiger partial charge in [-0.15, -0.1) is 0 Å². The zero-order valence-electron chi connectivity index (χ0n) is 16.6. The molecule has 0 radical (unpaired) electrons. The van der Waals surface area contributed by atoms with Crippen LogP contribution in [0.3, 0.4) is 0 Å². The molecule has 1 saturated heterocycles. The van der Waals surface area contributed by atoms with Crippen LogP contribution in [-0.4, -0.2) is 18.3 Å².